The Bertz CT molecular complexity index is 880. The number of hydrogen-bond acceptors (Lipinski definition) is 7. The Balaban J connectivity index is 2.44. The van der Waals surface area contributed by atoms with Crippen LogP contribution in [0.3, 0.4) is 0 Å². The van der Waals surface area contributed by atoms with Gasteiger partial charge in [-0.15, -0.1) is 16.4 Å². The van der Waals surface area contributed by atoms with Crippen molar-refractivity contribution in [3.05, 3.63) is 33.5 Å². The minimum Gasteiger partial charge on any atom is -0.396 e. The van der Waals surface area contributed by atoms with Crippen molar-refractivity contribution in [2.24, 2.45) is 0 Å². The molecule has 7 nitrogen and oxygen atoms in total. The molecule has 1 amide bonds. The summed E-state index contributed by atoms with van der Waals surface area (Å²) in [5.74, 6) is -3.68. The van der Waals surface area contributed by atoms with E-state index in [0.717, 1.165) is 23.6 Å². The summed E-state index contributed by atoms with van der Waals surface area (Å²) in [4.78, 5) is 35.9. The van der Waals surface area contributed by atoms with Gasteiger partial charge < -0.3 is 10.6 Å². The lowest BCUT2D eigenvalue weighted by atomic mass is 9.98. The van der Waals surface area contributed by atoms with Crippen molar-refractivity contribution in [2.75, 3.05) is 10.8 Å². The molecule has 0 aromatic carbocycles. The summed E-state index contributed by atoms with van der Waals surface area (Å²) in [6.45, 7) is 5.56. The molecule has 0 radical (unpaired) electrons. The fraction of sp³-hybridized carbons (Fsp3) is 0.333. The maximum absolute atomic E-state index is 12.7. The number of thiazole rings is 1. The molecule has 0 saturated heterocycles. The topological polar surface area (TPSA) is 98.4 Å². The molecule has 2 rings (SSSR count). The zero-order valence-corrected chi connectivity index (χ0v) is 15.9. The standard InChI is InChI=1S/C15H14ClF3N4O3S/c1-14(2,3)12-22-9(6-27-12)11(24)23(26-13(25)15(17,18)19)7-4-8(20)10(16)21-5-7/h4-6H,20H2,1-3H3. The minimum absolute atomic E-state index is 0.122. The van der Waals surface area contributed by atoms with E-state index in [9.17, 15) is 22.8 Å². The Morgan fingerprint density at radius 2 is 1.93 bits per heavy atom. The van der Waals surface area contributed by atoms with Crippen LogP contribution in [0, 0.1) is 0 Å². The number of pyridine rings is 1. The predicted octanol–water partition coefficient (Wildman–Crippen LogP) is 3.74. The smallest absolute Gasteiger partial charge is 0.396 e. The van der Waals surface area contributed by atoms with Crippen molar-refractivity contribution in [2.45, 2.75) is 32.4 Å². The number of hydroxylamine groups is 1. The molecule has 2 aromatic heterocycles. The molecule has 0 fully saturated rings. The molecule has 2 aromatic rings. The summed E-state index contributed by atoms with van der Waals surface area (Å²) in [6, 6.07) is 1.05. The molecule has 0 aliphatic rings. The number of rotatable bonds is 2. The van der Waals surface area contributed by atoms with E-state index in [2.05, 4.69) is 14.8 Å². The van der Waals surface area contributed by atoms with Gasteiger partial charge in [-0.25, -0.2) is 14.8 Å². The summed E-state index contributed by atoms with van der Waals surface area (Å²) < 4.78 is 37.8. The van der Waals surface area contributed by atoms with Crippen LogP contribution in [0.25, 0.3) is 0 Å². The lowest BCUT2D eigenvalue weighted by molar-refractivity contribution is -0.200. The number of hydrogen-bond donors (Lipinski definition) is 1. The summed E-state index contributed by atoms with van der Waals surface area (Å²) in [6.07, 6.45) is -4.38. The Hall–Kier alpha value is -2.40. The molecule has 0 unspecified atom stereocenters. The van der Waals surface area contributed by atoms with Crippen LogP contribution in [0.4, 0.5) is 24.5 Å². The second-order valence-corrected chi connectivity index (χ2v) is 7.55. The fourth-order valence-electron chi connectivity index (χ4n) is 1.73. The van der Waals surface area contributed by atoms with E-state index in [0.29, 0.717) is 5.01 Å². The van der Waals surface area contributed by atoms with Crippen LogP contribution in [0.5, 0.6) is 0 Å². The van der Waals surface area contributed by atoms with Crippen molar-refractivity contribution in [3.63, 3.8) is 0 Å². The molecular weight excluding hydrogens is 409 g/mol. The van der Waals surface area contributed by atoms with Crippen molar-refractivity contribution < 1.29 is 27.6 Å². The lowest BCUT2D eigenvalue weighted by Gasteiger charge is -2.21. The quantitative estimate of drug-likeness (QED) is 0.584. The molecule has 0 saturated carbocycles. The van der Waals surface area contributed by atoms with E-state index in [-0.39, 0.29) is 32.7 Å². The second kappa shape index (κ2) is 7.31. The third-order valence-electron chi connectivity index (χ3n) is 3.04. The van der Waals surface area contributed by atoms with Gasteiger partial charge in [0.1, 0.15) is 11.4 Å². The van der Waals surface area contributed by atoms with Crippen LogP contribution in [0.15, 0.2) is 17.6 Å². The van der Waals surface area contributed by atoms with Gasteiger partial charge in [0.15, 0.2) is 5.15 Å². The molecule has 0 aliphatic carbocycles. The Morgan fingerprint density at radius 3 is 2.41 bits per heavy atom. The first-order valence-electron chi connectivity index (χ1n) is 7.31. The highest BCUT2D eigenvalue weighted by Crippen LogP contribution is 2.29. The van der Waals surface area contributed by atoms with Gasteiger partial charge in [-0.2, -0.15) is 13.2 Å². The molecule has 2 heterocycles. The van der Waals surface area contributed by atoms with Crippen molar-refractivity contribution in [1.29, 1.82) is 0 Å². The molecule has 146 valence electrons. The zero-order chi connectivity index (χ0) is 20.6. The molecule has 0 bridgehead atoms. The SMILES string of the molecule is CC(C)(C)c1nc(C(=O)N(OC(=O)C(F)(F)F)c2cnc(Cl)c(N)c2)cs1. The van der Waals surface area contributed by atoms with E-state index < -0.39 is 18.1 Å². The highest BCUT2D eigenvalue weighted by atomic mass is 35.5. The van der Waals surface area contributed by atoms with Gasteiger partial charge in [-0.3, -0.25) is 4.79 Å². The summed E-state index contributed by atoms with van der Waals surface area (Å²) >= 11 is 6.82. The normalized spacial score (nSPS) is 12.0. The monoisotopic (exact) mass is 422 g/mol. The van der Waals surface area contributed by atoms with E-state index >= 15 is 0 Å². The third kappa shape index (κ3) is 4.86. The Labute approximate surface area is 160 Å². The third-order valence-corrected chi connectivity index (χ3v) is 4.63. The highest BCUT2D eigenvalue weighted by molar-refractivity contribution is 7.10. The molecule has 0 atom stereocenters. The summed E-state index contributed by atoms with van der Waals surface area (Å²) in [5.41, 5.74) is 4.54. The first kappa shape index (κ1) is 20.9. The number of nitrogens with two attached hydrogens (primary N) is 1. The first-order valence-corrected chi connectivity index (χ1v) is 8.57. The largest absolute Gasteiger partial charge is 0.493 e. The number of carbonyl (C=O) groups excluding carboxylic acids is 2. The van der Waals surface area contributed by atoms with Gasteiger partial charge in [0, 0.05) is 10.8 Å². The van der Waals surface area contributed by atoms with Gasteiger partial charge in [0.2, 0.25) is 0 Å². The minimum atomic E-state index is -5.32. The number of alkyl halides is 3. The molecule has 27 heavy (non-hydrogen) atoms. The molecule has 12 heteroatoms. The average molecular weight is 423 g/mol. The van der Waals surface area contributed by atoms with Crippen molar-refractivity contribution in [3.8, 4) is 0 Å². The van der Waals surface area contributed by atoms with Crippen LogP contribution in [0.2, 0.25) is 5.15 Å². The number of anilines is 2. The summed E-state index contributed by atoms with van der Waals surface area (Å²) in [5, 5.41) is 1.93. The number of carbonyl (C=O) groups is 2. The van der Waals surface area contributed by atoms with Gasteiger partial charge in [-0.05, 0) is 6.07 Å². The predicted molar refractivity (Wildman–Crippen MR) is 93.4 cm³/mol. The van der Waals surface area contributed by atoms with Crippen molar-refractivity contribution in [1.82, 2.24) is 9.97 Å². The second-order valence-electron chi connectivity index (χ2n) is 6.34. The number of nitrogen functional groups attached to an aromatic ring is 1. The van der Waals surface area contributed by atoms with Crippen LogP contribution in [-0.2, 0) is 15.0 Å². The van der Waals surface area contributed by atoms with Crippen molar-refractivity contribution >= 4 is 46.2 Å². The molecular formula is C15H14ClF3N4O3S. The van der Waals surface area contributed by atoms with Crippen LogP contribution in [-0.4, -0.2) is 28.0 Å². The molecule has 0 spiro atoms. The maximum atomic E-state index is 12.7. The Morgan fingerprint density at radius 1 is 1.30 bits per heavy atom. The summed E-state index contributed by atoms with van der Waals surface area (Å²) in [7, 11) is 0. The number of nitrogens with zero attached hydrogens (tertiary/aromatic N) is 3. The first-order chi connectivity index (χ1) is 12.3. The van der Waals surface area contributed by atoms with Gasteiger partial charge in [0.05, 0.1) is 16.9 Å². The van der Waals surface area contributed by atoms with Crippen LogP contribution < -0.4 is 10.8 Å². The highest BCUT2D eigenvalue weighted by Gasteiger charge is 2.44. The van der Waals surface area contributed by atoms with Gasteiger partial charge >= 0.3 is 18.1 Å². The van der Waals surface area contributed by atoms with E-state index in [1.807, 2.05) is 20.8 Å². The van der Waals surface area contributed by atoms with Crippen LogP contribution >= 0.6 is 22.9 Å². The Kier molecular flexibility index (Phi) is 5.66. The number of halogens is 4. The molecule has 2 N–H and O–H groups in total. The van der Waals surface area contributed by atoms with Gasteiger partial charge in [0.25, 0.3) is 0 Å². The number of amides is 1. The maximum Gasteiger partial charge on any atom is 0.493 e. The lowest BCUT2D eigenvalue weighted by Crippen LogP contribution is -2.39. The fourth-order valence-corrected chi connectivity index (χ4v) is 2.72. The number of aromatic nitrogens is 2. The van der Waals surface area contributed by atoms with E-state index in [1.54, 1.807) is 0 Å². The van der Waals surface area contributed by atoms with Crippen LogP contribution in [0.1, 0.15) is 36.3 Å². The van der Waals surface area contributed by atoms with E-state index in [4.69, 9.17) is 17.3 Å². The van der Waals surface area contributed by atoms with Gasteiger partial charge in [-0.1, -0.05) is 32.4 Å². The zero-order valence-electron chi connectivity index (χ0n) is 14.3. The van der Waals surface area contributed by atoms with E-state index in [1.165, 1.54) is 5.38 Å². The molecule has 0 aliphatic heterocycles. The average Bonchev–Trinajstić information content (AvgIpc) is 3.04.